The first kappa shape index (κ1) is 12.8. The second-order valence-electron chi connectivity index (χ2n) is 3.55. The molecular weight excluding hydrogens is 270 g/mol. The maximum absolute atomic E-state index is 11.9. The number of carboxylic acids is 1. The fourth-order valence-electron chi connectivity index (χ4n) is 1.47. The van der Waals surface area contributed by atoms with Gasteiger partial charge in [0.15, 0.2) is 0 Å². The van der Waals surface area contributed by atoms with E-state index in [1.165, 1.54) is 0 Å². The molecule has 1 aromatic carbocycles. The summed E-state index contributed by atoms with van der Waals surface area (Å²) < 4.78 is 0.242. The molecule has 0 aromatic heterocycles. The van der Waals surface area contributed by atoms with Gasteiger partial charge in [0.25, 0.3) is 5.91 Å². The van der Waals surface area contributed by atoms with Crippen LogP contribution in [0.1, 0.15) is 5.56 Å². The third-order valence-electron chi connectivity index (χ3n) is 2.26. The summed E-state index contributed by atoms with van der Waals surface area (Å²) in [5, 5.41) is 10.5. The molecule has 18 heavy (non-hydrogen) atoms. The van der Waals surface area contributed by atoms with E-state index in [0.717, 1.165) is 22.2 Å². The van der Waals surface area contributed by atoms with Crippen LogP contribution in [0.4, 0.5) is 0 Å². The molecule has 92 valence electrons. The smallest absolute Gasteiger partial charge is 0.266 e. The predicted molar refractivity (Wildman–Crippen MR) is 71.3 cm³/mol. The number of aliphatic carboxylic acids is 1. The van der Waals surface area contributed by atoms with Gasteiger partial charge in [-0.1, -0.05) is 54.3 Å². The Balaban J connectivity index is 2.23. The van der Waals surface area contributed by atoms with E-state index in [4.69, 9.17) is 12.2 Å². The summed E-state index contributed by atoms with van der Waals surface area (Å²) in [4.78, 5) is 23.9. The summed E-state index contributed by atoms with van der Waals surface area (Å²) in [5.41, 5.74) is 0.867. The zero-order valence-corrected chi connectivity index (χ0v) is 10.8. The second kappa shape index (κ2) is 5.32. The lowest BCUT2D eigenvalue weighted by molar-refractivity contribution is -0.305. The standard InChI is InChI=1S/C12H9NO3S2/c14-10(15)7-13-11(16)9(18-12(13)17)6-8-4-2-1-3-5-8/h1-6H,7H2,(H,14,15)/p-1. The van der Waals surface area contributed by atoms with Crippen LogP contribution in [0.5, 0.6) is 0 Å². The highest BCUT2D eigenvalue weighted by Gasteiger charge is 2.31. The number of thiocarbonyl (C=S) groups is 1. The highest BCUT2D eigenvalue weighted by Crippen LogP contribution is 2.32. The fraction of sp³-hybridized carbons (Fsp3) is 0.0833. The highest BCUT2D eigenvalue weighted by molar-refractivity contribution is 8.26. The minimum atomic E-state index is -1.33. The van der Waals surface area contributed by atoms with Crippen molar-refractivity contribution in [2.24, 2.45) is 0 Å². The molecule has 0 N–H and O–H groups in total. The van der Waals surface area contributed by atoms with Crippen LogP contribution in [0.25, 0.3) is 6.08 Å². The molecule has 0 radical (unpaired) electrons. The van der Waals surface area contributed by atoms with E-state index in [0.29, 0.717) is 4.91 Å². The van der Waals surface area contributed by atoms with Crippen molar-refractivity contribution in [1.82, 2.24) is 4.90 Å². The van der Waals surface area contributed by atoms with Crippen LogP contribution in [0.2, 0.25) is 0 Å². The van der Waals surface area contributed by atoms with Crippen molar-refractivity contribution in [3.63, 3.8) is 0 Å². The molecule has 2 rings (SSSR count). The third kappa shape index (κ3) is 2.77. The summed E-state index contributed by atoms with van der Waals surface area (Å²) in [6, 6.07) is 9.29. The molecule has 0 saturated carbocycles. The molecular formula is C12H8NO3S2-. The number of thioether (sulfide) groups is 1. The average molecular weight is 278 g/mol. The molecule has 0 atom stereocenters. The number of benzene rings is 1. The largest absolute Gasteiger partial charge is 0.548 e. The zero-order valence-electron chi connectivity index (χ0n) is 9.16. The van der Waals surface area contributed by atoms with E-state index in [2.05, 4.69) is 0 Å². The van der Waals surface area contributed by atoms with Gasteiger partial charge in [0.1, 0.15) is 4.32 Å². The Bertz CT molecular complexity index is 540. The van der Waals surface area contributed by atoms with E-state index in [-0.39, 0.29) is 4.32 Å². The molecule has 1 amide bonds. The molecule has 1 aliphatic heterocycles. The SMILES string of the molecule is O=C([O-])CN1C(=O)C(=Cc2ccccc2)SC1=S. The third-order valence-corrected chi connectivity index (χ3v) is 3.64. The van der Waals surface area contributed by atoms with Crippen LogP contribution >= 0.6 is 24.0 Å². The Morgan fingerprint density at radius 1 is 1.39 bits per heavy atom. The van der Waals surface area contributed by atoms with Crippen LogP contribution in [0, 0.1) is 0 Å². The van der Waals surface area contributed by atoms with Crippen molar-refractivity contribution in [3.8, 4) is 0 Å². The number of hydrogen-bond donors (Lipinski definition) is 0. The Hall–Kier alpha value is -1.66. The molecule has 4 nitrogen and oxygen atoms in total. The van der Waals surface area contributed by atoms with Crippen molar-refractivity contribution < 1.29 is 14.7 Å². The maximum atomic E-state index is 11.9. The molecule has 1 aliphatic rings. The number of carbonyl (C=O) groups excluding carboxylic acids is 2. The summed E-state index contributed by atoms with van der Waals surface area (Å²) in [7, 11) is 0. The van der Waals surface area contributed by atoms with Crippen LogP contribution in [-0.2, 0) is 9.59 Å². The van der Waals surface area contributed by atoms with Gasteiger partial charge in [0.05, 0.1) is 17.4 Å². The van der Waals surface area contributed by atoms with Gasteiger partial charge in [-0.3, -0.25) is 9.69 Å². The van der Waals surface area contributed by atoms with Crippen molar-refractivity contribution in [3.05, 3.63) is 40.8 Å². The Kier molecular flexibility index (Phi) is 3.78. The van der Waals surface area contributed by atoms with Crippen LogP contribution in [0.15, 0.2) is 35.2 Å². The second-order valence-corrected chi connectivity index (χ2v) is 5.23. The lowest BCUT2D eigenvalue weighted by atomic mass is 10.2. The molecule has 0 bridgehead atoms. The first-order valence-electron chi connectivity index (χ1n) is 5.08. The summed E-state index contributed by atoms with van der Waals surface area (Å²) in [6.07, 6.45) is 1.69. The van der Waals surface area contributed by atoms with Gasteiger partial charge >= 0.3 is 0 Å². The summed E-state index contributed by atoms with van der Waals surface area (Å²) in [5.74, 6) is -1.72. The van der Waals surface area contributed by atoms with Crippen LogP contribution < -0.4 is 5.11 Å². The van der Waals surface area contributed by atoms with Crippen molar-refractivity contribution in [2.75, 3.05) is 6.54 Å². The van der Waals surface area contributed by atoms with Gasteiger partial charge in [0.2, 0.25) is 0 Å². The van der Waals surface area contributed by atoms with Crippen molar-refractivity contribution >= 4 is 46.3 Å². The molecule has 0 unspecified atom stereocenters. The van der Waals surface area contributed by atoms with Gasteiger partial charge in [-0.25, -0.2) is 0 Å². The molecule has 1 saturated heterocycles. The van der Waals surface area contributed by atoms with E-state index >= 15 is 0 Å². The summed E-state index contributed by atoms with van der Waals surface area (Å²) in [6.45, 7) is -0.503. The zero-order chi connectivity index (χ0) is 13.1. The number of carbonyl (C=O) groups is 2. The molecule has 1 aromatic rings. The van der Waals surface area contributed by atoms with E-state index in [1.54, 1.807) is 6.08 Å². The molecule has 0 spiro atoms. The predicted octanol–water partition coefficient (Wildman–Crippen LogP) is 0.638. The van der Waals surface area contributed by atoms with Gasteiger partial charge in [-0.15, -0.1) is 0 Å². The number of rotatable bonds is 3. The van der Waals surface area contributed by atoms with E-state index in [1.807, 2.05) is 30.3 Å². The van der Waals surface area contributed by atoms with Gasteiger partial charge in [-0.05, 0) is 11.6 Å². The lowest BCUT2D eigenvalue weighted by Crippen LogP contribution is -2.40. The monoisotopic (exact) mass is 278 g/mol. The van der Waals surface area contributed by atoms with Crippen LogP contribution in [-0.4, -0.2) is 27.6 Å². The van der Waals surface area contributed by atoms with E-state index in [9.17, 15) is 14.7 Å². The minimum absolute atomic E-state index is 0.242. The topological polar surface area (TPSA) is 60.4 Å². The highest BCUT2D eigenvalue weighted by atomic mass is 32.2. The number of nitrogens with zero attached hydrogens (tertiary/aromatic N) is 1. The molecule has 1 fully saturated rings. The Morgan fingerprint density at radius 3 is 2.67 bits per heavy atom. The number of carboxylic acid groups (broad SMARTS) is 1. The molecule has 1 heterocycles. The Morgan fingerprint density at radius 2 is 2.06 bits per heavy atom. The van der Waals surface area contributed by atoms with Crippen LogP contribution in [0.3, 0.4) is 0 Å². The first-order valence-corrected chi connectivity index (χ1v) is 6.30. The van der Waals surface area contributed by atoms with E-state index < -0.39 is 18.4 Å². The number of hydrogen-bond acceptors (Lipinski definition) is 5. The quantitative estimate of drug-likeness (QED) is 0.600. The lowest BCUT2D eigenvalue weighted by Gasteiger charge is -2.14. The van der Waals surface area contributed by atoms with Gasteiger partial charge < -0.3 is 9.90 Å². The van der Waals surface area contributed by atoms with Gasteiger partial charge in [-0.2, -0.15) is 0 Å². The van der Waals surface area contributed by atoms with Gasteiger partial charge in [0, 0.05) is 0 Å². The Labute approximate surface area is 113 Å². The fourth-order valence-corrected chi connectivity index (χ4v) is 2.72. The molecule has 6 heteroatoms. The average Bonchev–Trinajstić information content (AvgIpc) is 2.58. The summed E-state index contributed by atoms with van der Waals surface area (Å²) >= 11 is 6.06. The normalized spacial score (nSPS) is 17.6. The maximum Gasteiger partial charge on any atom is 0.266 e. The van der Waals surface area contributed by atoms with Crippen molar-refractivity contribution in [2.45, 2.75) is 0 Å². The first-order chi connectivity index (χ1) is 8.58. The molecule has 0 aliphatic carbocycles. The minimum Gasteiger partial charge on any atom is -0.548 e. The van der Waals surface area contributed by atoms with Crippen molar-refractivity contribution in [1.29, 1.82) is 0 Å². The number of amides is 1.